The van der Waals surface area contributed by atoms with Gasteiger partial charge in [0, 0.05) is 29.5 Å². The maximum Gasteiger partial charge on any atom is 0.330 e. The number of esters is 2. The third kappa shape index (κ3) is 30.6. The summed E-state index contributed by atoms with van der Waals surface area (Å²) in [7, 11) is -5.17. The van der Waals surface area contributed by atoms with Gasteiger partial charge in [0.05, 0.1) is 0 Å². The summed E-state index contributed by atoms with van der Waals surface area (Å²) in [4.78, 5) is 21.2. The molecule has 168 valence electrons. The molecule has 0 rings (SSSR count). The first-order chi connectivity index (χ1) is 13.5. The molecule has 29 heavy (non-hydrogen) atoms. The molecule has 10 nitrogen and oxygen atoms in total. The molecular weight excluding hydrogens is 404 g/mol. The van der Waals surface area contributed by atoms with Crippen LogP contribution in [0.25, 0.3) is 0 Å². The fourth-order valence-electron chi connectivity index (χ4n) is 1.56. The molecule has 0 bridgehead atoms. The Morgan fingerprint density at radius 3 is 1.69 bits per heavy atom. The van der Waals surface area contributed by atoms with E-state index in [1.54, 1.807) is 0 Å². The topological polar surface area (TPSA) is 139 Å². The molecule has 0 aliphatic carbocycles. The second-order valence-electron chi connectivity index (χ2n) is 4.90. The minimum atomic E-state index is -5.17. The maximum absolute atomic E-state index is 10.6. The van der Waals surface area contributed by atoms with Gasteiger partial charge in [-0.1, -0.05) is 13.2 Å². The van der Waals surface area contributed by atoms with Gasteiger partial charge >= 0.3 is 11.9 Å². The monoisotopic (exact) mass is 436 g/mol. The molecule has 0 aromatic rings. The first-order valence-electron chi connectivity index (χ1n) is 8.84. The summed E-state index contributed by atoms with van der Waals surface area (Å²) in [5.41, 5.74) is 0. The molecule has 0 saturated heterocycles. The fraction of sp³-hybridized carbons (Fsp3) is 0.556. The van der Waals surface area contributed by atoms with Crippen molar-refractivity contribution in [1.29, 1.82) is 0 Å². The first kappa shape index (κ1) is 31.3. The van der Waals surface area contributed by atoms with Crippen molar-refractivity contribution in [2.45, 2.75) is 27.7 Å². The minimum Gasteiger partial charge on any atom is -0.759 e. The molecule has 0 aliphatic heterocycles. The largest absolute Gasteiger partial charge is 0.759 e. The molecule has 11 heteroatoms. The maximum atomic E-state index is 10.6. The number of hydrogen-bond donors (Lipinski definition) is 0. The van der Waals surface area contributed by atoms with Crippen molar-refractivity contribution in [3.05, 3.63) is 25.3 Å². The van der Waals surface area contributed by atoms with Gasteiger partial charge in [-0.3, -0.25) is 8.42 Å². The van der Waals surface area contributed by atoms with Crippen molar-refractivity contribution < 1.29 is 45.7 Å². The van der Waals surface area contributed by atoms with Gasteiger partial charge in [0.2, 0.25) is 0 Å². The number of rotatable bonds is 10. The number of carbonyl (C=O) groups is 2. The molecule has 0 unspecified atom stereocenters. The molecule has 0 radical (unpaired) electrons. The fourth-order valence-corrected chi connectivity index (χ4v) is 1.56. The van der Waals surface area contributed by atoms with Crippen molar-refractivity contribution >= 4 is 34.8 Å². The van der Waals surface area contributed by atoms with E-state index >= 15 is 0 Å². The van der Waals surface area contributed by atoms with Crippen molar-refractivity contribution in [3.63, 3.8) is 0 Å². The minimum absolute atomic E-state index is 0.326. The lowest BCUT2D eigenvalue weighted by Gasteiger charge is -2.06. The smallest absolute Gasteiger partial charge is 0.330 e. The Balaban J connectivity index is -0.000000380. The number of ether oxygens (including phenoxy) is 2. The van der Waals surface area contributed by atoms with Crippen LogP contribution in [0.3, 0.4) is 0 Å². The average molecular weight is 437 g/mol. The molecule has 0 amide bonds. The van der Waals surface area contributed by atoms with Crippen LogP contribution in [0.15, 0.2) is 25.3 Å². The summed E-state index contributed by atoms with van der Waals surface area (Å²) in [6, 6.07) is 0. The van der Waals surface area contributed by atoms with E-state index in [2.05, 4.69) is 43.1 Å². The Morgan fingerprint density at radius 1 is 0.931 bits per heavy atom. The highest BCUT2D eigenvalue weighted by Gasteiger charge is 2.00. The molecule has 0 heterocycles. The van der Waals surface area contributed by atoms with Crippen LogP contribution in [-0.2, 0) is 29.5 Å². The molecule has 0 aromatic heterocycles. The summed E-state index contributed by atoms with van der Waals surface area (Å²) >= 11 is 0. The third-order valence-corrected chi connectivity index (χ3v) is 3.10. The molecular formula is C18H32N2O8S. The predicted molar refractivity (Wildman–Crippen MR) is 108 cm³/mol. The highest BCUT2D eigenvalue weighted by molar-refractivity contribution is 7.79. The lowest BCUT2D eigenvalue weighted by molar-refractivity contribution is -0.522. The lowest BCUT2D eigenvalue weighted by Crippen LogP contribution is -2.19. The van der Waals surface area contributed by atoms with Crippen LogP contribution < -0.4 is 0 Å². The predicted octanol–water partition coefficient (Wildman–Crippen LogP) is 0.339. The molecule has 0 atom stereocenters. The van der Waals surface area contributed by atoms with Crippen LogP contribution >= 0.6 is 0 Å². The van der Waals surface area contributed by atoms with Gasteiger partial charge < -0.3 is 18.6 Å². The Labute approximate surface area is 173 Å². The van der Waals surface area contributed by atoms with Crippen molar-refractivity contribution in [1.82, 2.24) is 0 Å². The van der Waals surface area contributed by atoms with Crippen molar-refractivity contribution in [2.24, 2.45) is 0 Å². The van der Waals surface area contributed by atoms with Crippen LogP contribution in [-0.4, -0.2) is 90.4 Å². The van der Waals surface area contributed by atoms with Crippen LogP contribution in [0.5, 0.6) is 0 Å². The number of carbonyl (C=O) groups excluding carboxylic acids is 2. The standard InChI is InChI=1S/2C9H16NO2.H2O4S/c2*1-4-9(11)12-8-7-10(5-2)6-3;1-5(2,3)4/h4,7H,1,5-6,8H2,2-3H3;4-5H,1,6-8H2,2-3H3;(H2,1,2,3,4)/q2*+1;/p-2. The number of hydrogen-bond acceptors (Lipinski definition) is 8. The van der Waals surface area contributed by atoms with E-state index in [4.69, 9.17) is 27.0 Å². The normalized spacial score (nSPS) is 10.2. The molecule has 0 saturated carbocycles. The summed E-state index contributed by atoms with van der Waals surface area (Å²) in [5, 5.41) is 0. The molecule has 0 spiro atoms. The lowest BCUT2D eigenvalue weighted by atomic mass is 10.5. The molecule has 0 aromatic carbocycles. The zero-order chi connectivity index (χ0) is 23.3. The highest BCUT2D eigenvalue weighted by Crippen LogP contribution is 1.81. The SMILES string of the molecule is C=CC(=O)OCC=[N+](CC)CC.C=CC(=O)OCC[N+](=CC)CC.O=S(=O)([O-])[O-]. The van der Waals surface area contributed by atoms with E-state index in [1.807, 2.05) is 19.4 Å². The summed E-state index contributed by atoms with van der Waals surface area (Å²) in [6.07, 6.45) is 6.17. The van der Waals surface area contributed by atoms with E-state index < -0.39 is 10.4 Å². The summed E-state index contributed by atoms with van der Waals surface area (Å²) in [5.74, 6) is -0.736. The van der Waals surface area contributed by atoms with E-state index in [1.165, 1.54) is 6.08 Å². The average Bonchev–Trinajstić information content (AvgIpc) is 2.67. The van der Waals surface area contributed by atoms with Crippen LogP contribution in [0.1, 0.15) is 27.7 Å². The Morgan fingerprint density at radius 2 is 1.34 bits per heavy atom. The number of nitrogens with zero attached hydrogens (tertiary/aromatic N) is 2. The van der Waals surface area contributed by atoms with Crippen LogP contribution in [0, 0.1) is 0 Å². The number of likely N-dealkylation sites (N-methyl/N-ethyl adjacent to an activating group) is 1. The quantitative estimate of drug-likeness (QED) is 0.119. The second-order valence-corrected chi connectivity index (χ2v) is 5.72. The molecule has 0 aliphatic rings. The van der Waals surface area contributed by atoms with Gasteiger partial charge in [-0.2, -0.15) is 0 Å². The van der Waals surface area contributed by atoms with Gasteiger partial charge in [-0.05, 0) is 20.8 Å². The van der Waals surface area contributed by atoms with E-state index in [0.717, 1.165) is 32.3 Å². The van der Waals surface area contributed by atoms with Gasteiger partial charge in [-0.25, -0.2) is 18.7 Å². The van der Waals surface area contributed by atoms with Gasteiger partial charge in [-0.15, -0.1) is 0 Å². The van der Waals surface area contributed by atoms with Gasteiger partial charge in [0.15, 0.2) is 19.4 Å². The summed E-state index contributed by atoms with van der Waals surface area (Å²) < 4.78 is 47.8. The first-order valence-corrected chi connectivity index (χ1v) is 10.2. The van der Waals surface area contributed by atoms with Crippen molar-refractivity contribution in [2.75, 3.05) is 39.4 Å². The second kappa shape index (κ2) is 20.4. The molecule has 0 N–H and O–H groups in total. The third-order valence-electron chi connectivity index (χ3n) is 3.10. The van der Waals surface area contributed by atoms with Crippen LogP contribution in [0.2, 0.25) is 0 Å². The Kier molecular flexibility index (Phi) is 22.0. The van der Waals surface area contributed by atoms with Crippen molar-refractivity contribution in [3.8, 4) is 0 Å². The van der Waals surface area contributed by atoms with E-state index in [9.17, 15) is 9.59 Å². The highest BCUT2D eigenvalue weighted by atomic mass is 32.3. The van der Waals surface area contributed by atoms with Gasteiger partial charge in [0.25, 0.3) is 0 Å². The zero-order valence-corrected chi connectivity index (χ0v) is 18.4. The zero-order valence-electron chi connectivity index (χ0n) is 17.5. The van der Waals surface area contributed by atoms with E-state index in [0.29, 0.717) is 13.2 Å². The Hall–Kier alpha value is -2.37. The summed E-state index contributed by atoms with van der Waals surface area (Å²) in [6.45, 7) is 19.0. The van der Waals surface area contributed by atoms with Gasteiger partial charge in [0.1, 0.15) is 32.5 Å². The Bertz CT molecular complexity index is 641. The van der Waals surface area contributed by atoms with Crippen LogP contribution in [0.4, 0.5) is 0 Å². The molecule has 0 fully saturated rings. The van der Waals surface area contributed by atoms with E-state index in [-0.39, 0.29) is 11.9 Å².